The van der Waals surface area contributed by atoms with E-state index in [4.69, 9.17) is 0 Å². The lowest BCUT2D eigenvalue weighted by Gasteiger charge is -2.17. The van der Waals surface area contributed by atoms with Gasteiger partial charge in [0.05, 0.1) is 18.5 Å². The Morgan fingerprint density at radius 1 is 1.43 bits per heavy atom. The molecule has 1 N–H and O–H groups in total. The van der Waals surface area contributed by atoms with Crippen molar-refractivity contribution in [1.29, 1.82) is 0 Å². The van der Waals surface area contributed by atoms with Gasteiger partial charge in [-0.05, 0) is 6.07 Å². The van der Waals surface area contributed by atoms with Crippen molar-refractivity contribution in [3.05, 3.63) is 24.3 Å². The van der Waals surface area contributed by atoms with E-state index in [9.17, 15) is 0 Å². The highest BCUT2D eigenvalue weighted by Gasteiger charge is 2.60. The Hall–Kier alpha value is -1.91. The van der Waals surface area contributed by atoms with Crippen LogP contribution in [-0.2, 0) is 5.54 Å². The number of aromatic amines is 1. The van der Waals surface area contributed by atoms with Crippen LogP contribution >= 0.6 is 0 Å². The van der Waals surface area contributed by atoms with Gasteiger partial charge in [0, 0.05) is 11.6 Å². The molecule has 1 unspecified atom stereocenters. The third-order valence-electron chi connectivity index (χ3n) is 2.92. The zero-order valence-corrected chi connectivity index (χ0v) is 7.31. The molecule has 0 saturated carbocycles. The highest BCUT2D eigenvalue weighted by Crippen LogP contribution is 2.47. The molecule has 2 aliphatic rings. The molecule has 4 heterocycles. The number of hydrogen-bond donors (Lipinski definition) is 1. The van der Waals surface area contributed by atoms with E-state index in [1.54, 1.807) is 6.33 Å². The smallest absolute Gasteiger partial charge is 0.156 e. The normalized spacial score (nSPS) is 27.6. The fourth-order valence-electron chi connectivity index (χ4n) is 2.03. The SMILES string of the molecule is C1=NN2CC12c1ncnc2[nH]ccc12. The number of fused-ring (bicyclic) bond motifs is 2. The number of H-pyrrole nitrogens is 1. The molecule has 0 radical (unpaired) electrons. The van der Waals surface area contributed by atoms with E-state index < -0.39 is 0 Å². The van der Waals surface area contributed by atoms with E-state index in [1.807, 2.05) is 23.5 Å². The molecular weight excluding hydrogens is 178 g/mol. The van der Waals surface area contributed by atoms with Crippen LogP contribution in [0.1, 0.15) is 5.69 Å². The first-order valence-corrected chi connectivity index (χ1v) is 4.51. The Kier molecular flexibility index (Phi) is 0.837. The molecule has 2 aromatic rings. The monoisotopic (exact) mass is 185 g/mol. The Bertz CT molecular complexity index is 557. The number of aromatic nitrogens is 3. The van der Waals surface area contributed by atoms with Crippen molar-refractivity contribution in [2.45, 2.75) is 5.54 Å². The van der Waals surface area contributed by atoms with E-state index in [1.165, 1.54) is 0 Å². The van der Waals surface area contributed by atoms with E-state index in [2.05, 4.69) is 20.1 Å². The lowest BCUT2D eigenvalue weighted by Crippen LogP contribution is -2.25. The molecule has 1 fully saturated rings. The van der Waals surface area contributed by atoms with Crippen molar-refractivity contribution in [2.24, 2.45) is 5.10 Å². The van der Waals surface area contributed by atoms with Gasteiger partial charge in [-0.3, -0.25) is 5.01 Å². The van der Waals surface area contributed by atoms with Crippen molar-refractivity contribution in [2.75, 3.05) is 6.54 Å². The summed E-state index contributed by atoms with van der Waals surface area (Å²) in [6.07, 6.45) is 5.45. The molecule has 14 heavy (non-hydrogen) atoms. The first-order chi connectivity index (χ1) is 6.90. The molecule has 1 atom stereocenters. The minimum absolute atomic E-state index is 0.00336. The Morgan fingerprint density at radius 3 is 3.14 bits per heavy atom. The molecule has 0 aliphatic carbocycles. The van der Waals surface area contributed by atoms with Crippen LogP contribution in [0.4, 0.5) is 0 Å². The van der Waals surface area contributed by atoms with Crippen LogP contribution in [0.15, 0.2) is 23.7 Å². The predicted octanol–water partition coefficient (Wildman–Crippen LogP) is 0.468. The van der Waals surface area contributed by atoms with Crippen LogP contribution < -0.4 is 0 Å². The lowest BCUT2D eigenvalue weighted by atomic mass is 10.0. The van der Waals surface area contributed by atoms with Gasteiger partial charge in [0.25, 0.3) is 0 Å². The number of nitrogens with zero attached hydrogens (tertiary/aromatic N) is 4. The standard InChI is InChI=1S/C9H7N5/c1-2-10-8-6(1)7(11-5-12-8)9-3-13-14(9)4-9/h1-3,5H,4H2,(H,10,11,12). The molecule has 0 amide bonds. The molecule has 0 aromatic carbocycles. The van der Waals surface area contributed by atoms with Crippen molar-refractivity contribution in [1.82, 2.24) is 20.0 Å². The van der Waals surface area contributed by atoms with Gasteiger partial charge in [0.1, 0.15) is 12.0 Å². The summed E-state index contributed by atoms with van der Waals surface area (Å²) in [4.78, 5) is 11.6. The fraction of sp³-hybridized carbons (Fsp3) is 0.222. The fourth-order valence-corrected chi connectivity index (χ4v) is 2.03. The Balaban J connectivity index is 2.06. The zero-order chi connectivity index (χ0) is 9.17. The average molecular weight is 185 g/mol. The van der Waals surface area contributed by atoms with Gasteiger partial charge >= 0.3 is 0 Å². The van der Waals surface area contributed by atoms with Crippen molar-refractivity contribution < 1.29 is 0 Å². The summed E-state index contributed by atoms with van der Waals surface area (Å²) < 4.78 is 0. The van der Waals surface area contributed by atoms with Crippen LogP contribution in [-0.4, -0.2) is 32.7 Å². The lowest BCUT2D eigenvalue weighted by molar-refractivity contribution is 0.459. The molecule has 5 nitrogen and oxygen atoms in total. The van der Waals surface area contributed by atoms with Gasteiger partial charge < -0.3 is 4.98 Å². The minimum atomic E-state index is 0.00336. The minimum Gasteiger partial charge on any atom is -0.346 e. The van der Waals surface area contributed by atoms with Gasteiger partial charge in [-0.2, -0.15) is 5.10 Å². The third kappa shape index (κ3) is 0.546. The molecule has 68 valence electrons. The van der Waals surface area contributed by atoms with Crippen molar-refractivity contribution >= 4 is 17.2 Å². The van der Waals surface area contributed by atoms with Crippen LogP contribution in [0, 0.1) is 0 Å². The van der Waals surface area contributed by atoms with Gasteiger partial charge in [0.2, 0.25) is 0 Å². The molecule has 4 rings (SSSR count). The Morgan fingerprint density at radius 2 is 2.43 bits per heavy atom. The average Bonchev–Trinajstić information content (AvgIpc) is 2.64. The maximum Gasteiger partial charge on any atom is 0.156 e. The third-order valence-corrected chi connectivity index (χ3v) is 2.92. The van der Waals surface area contributed by atoms with Gasteiger partial charge in [-0.25, -0.2) is 9.97 Å². The maximum atomic E-state index is 4.35. The molecule has 1 saturated heterocycles. The molecule has 2 aromatic heterocycles. The van der Waals surface area contributed by atoms with Gasteiger partial charge in [-0.1, -0.05) is 0 Å². The van der Waals surface area contributed by atoms with Crippen molar-refractivity contribution in [3.63, 3.8) is 0 Å². The molecule has 0 bridgehead atoms. The van der Waals surface area contributed by atoms with Gasteiger partial charge in [0.15, 0.2) is 5.54 Å². The highest BCUT2D eigenvalue weighted by atomic mass is 15.7. The topological polar surface area (TPSA) is 56.9 Å². The number of hydrogen-bond acceptors (Lipinski definition) is 4. The molecule has 5 heteroatoms. The second kappa shape index (κ2) is 1.79. The van der Waals surface area contributed by atoms with Crippen LogP contribution in [0.25, 0.3) is 11.0 Å². The first kappa shape index (κ1) is 6.53. The molecule has 2 aliphatic heterocycles. The number of rotatable bonds is 1. The number of hydrazone groups is 1. The van der Waals surface area contributed by atoms with E-state index >= 15 is 0 Å². The quantitative estimate of drug-likeness (QED) is 0.657. The second-order valence-electron chi connectivity index (χ2n) is 3.69. The summed E-state index contributed by atoms with van der Waals surface area (Å²) >= 11 is 0. The summed E-state index contributed by atoms with van der Waals surface area (Å²) in [7, 11) is 0. The molecular formula is C9H7N5. The first-order valence-electron chi connectivity index (χ1n) is 4.51. The van der Waals surface area contributed by atoms with Crippen LogP contribution in [0.3, 0.4) is 0 Å². The predicted molar refractivity (Wildman–Crippen MR) is 50.8 cm³/mol. The van der Waals surface area contributed by atoms with Crippen LogP contribution in [0.2, 0.25) is 0 Å². The summed E-state index contributed by atoms with van der Waals surface area (Å²) in [5.74, 6) is 0. The zero-order valence-electron chi connectivity index (χ0n) is 7.31. The highest BCUT2D eigenvalue weighted by molar-refractivity contribution is 5.90. The van der Waals surface area contributed by atoms with Gasteiger partial charge in [-0.15, -0.1) is 0 Å². The summed E-state index contributed by atoms with van der Waals surface area (Å²) in [5.41, 5.74) is 1.97. The molecule has 0 spiro atoms. The summed E-state index contributed by atoms with van der Waals surface area (Å²) in [6, 6.07) is 2.02. The number of nitrogens with one attached hydrogen (secondary N) is 1. The van der Waals surface area contributed by atoms with E-state index in [-0.39, 0.29) is 5.54 Å². The second-order valence-corrected chi connectivity index (χ2v) is 3.69. The summed E-state index contributed by atoms with van der Waals surface area (Å²) in [5, 5.41) is 7.25. The maximum absolute atomic E-state index is 4.35. The van der Waals surface area contributed by atoms with E-state index in [0.29, 0.717) is 0 Å². The summed E-state index contributed by atoms with van der Waals surface area (Å²) in [6.45, 7) is 0.963. The van der Waals surface area contributed by atoms with Crippen molar-refractivity contribution in [3.8, 4) is 0 Å². The largest absolute Gasteiger partial charge is 0.346 e. The van der Waals surface area contributed by atoms with Crippen LogP contribution in [0.5, 0.6) is 0 Å². The Labute approximate surface area is 79.5 Å². The van der Waals surface area contributed by atoms with E-state index in [0.717, 1.165) is 23.3 Å².